The molecule has 0 radical (unpaired) electrons. The SMILES string of the molecule is CCCNCc1ccc(CN2CCC(C(C)(C)C)C2)cc1. The first-order chi connectivity index (χ1) is 9.99. The fourth-order valence-corrected chi connectivity index (χ4v) is 3.11. The largest absolute Gasteiger partial charge is 0.313 e. The Bertz CT molecular complexity index is 416. The van der Waals surface area contributed by atoms with E-state index in [0.29, 0.717) is 5.41 Å². The molecule has 2 nitrogen and oxygen atoms in total. The summed E-state index contributed by atoms with van der Waals surface area (Å²) in [7, 11) is 0. The van der Waals surface area contributed by atoms with E-state index in [0.717, 1.165) is 25.6 Å². The van der Waals surface area contributed by atoms with Gasteiger partial charge in [0.05, 0.1) is 0 Å². The summed E-state index contributed by atoms with van der Waals surface area (Å²) in [6.07, 6.45) is 2.55. The van der Waals surface area contributed by atoms with E-state index >= 15 is 0 Å². The van der Waals surface area contributed by atoms with E-state index < -0.39 is 0 Å². The smallest absolute Gasteiger partial charge is 0.0233 e. The van der Waals surface area contributed by atoms with Crippen molar-refractivity contribution in [3.8, 4) is 0 Å². The highest BCUT2D eigenvalue weighted by Crippen LogP contribution is 2.34. The minimum atomic E-state index is 0.448. The molecule has 1 atom stereocenters. The topological polar surface area (TPSA) is 15.3 Å². The monoisotopic (exact) mass is 288 g/mol. The highest BCUT2D eigenvalue weighted by Gasteiger charge is 2.31. The first kappa shape index (κ1) is 16.5. The maximum atomic E-state index is 3.46. The van der Waals surface area contributed by atoms with Gasteiger partial charge in [-0.1, -0.05) is 52.0 Å². The second kappa shape index (κ2) is 7.42. The van der Waals surface area contributed by atoms with Crippen molar-refractivity contribution in [1.82, 2.24) is 10.2 Å². The third-order valence-corrected chi connectivity index (χ3v) is 4.68. The summed E-state index contributed by atoms with van der Waals surface area (Å²) in [5.74, 6) is 0.843. The quantitative estimate of drug-likeness (QED) is 0.794. The summed E-state index contributed by atoms with van der Waals surface area (Å²) < 4.78 is 0. The lowest BCUT2D eigenvalue weighted by atomic mass is 9.80. The predicted octanol–water partition coefficient (Wildman–Crippen LogP) is 4.05. The standard InChI is InChI=1S/C19H32N2/c1-5-11-20-13-16-6-8-17(9-7-16)14-21-12-10-18(15-21)19(2,3)4/h6-9,18,20H,5,10-15H2,1-4H3. The van der Waals surface area contributed by atoms with Gasteiger partial charge >= 0.3 is 0 Å². The molecule has 0 spiro atoms. The summed E-state index contributed by atoms with van der Waals surface area (Å²) >= 11 is 0. The lowest BCUT2D eigenvalue weighted by Crippen LogP contribution is -2.25. The average Bonchev–Trinajstić information content (AvgIpc) is 2.90. The van der Waals surface area contributed by atoms with Crippen molar-refractivity contribution in [1.29, 1.82) is 0 Å². The maximum absolute atomic E-state index is 3.46. The fraction of sp³-hybridized carbons (Fsp3) is 0.684. The zero-order valence-corrected chi connectivity index (χ0v) is 14.3. The Hall–Kier alpha value is -0.860. The molecule has 1 aromatic carbocycles. The van der Waals surface area contributed by atoms with Crippen LogP contribution in [0.4, 0.5) is 0 Å². The molecule has 0 saturated carbocycles. The molecular weight excluding hydrogens is 256 g/mol. The number of likely N-dealkylation sites (tertiary alicyclic amines) is 1. The summed E-state index contributed by atoms with van der Waals surface area (Å²) in [4.78, 5) is 2.61. The van der Waals surface area contributed by atoms with Crippen molar-refractivity contribution in [2.24, 2.45) is 11.3 Å². The van der Waals surface area contributed by atoms with Crippen molar-refractivity contribution >= 4 is 0 Å². The number of hydrogen-bond acceptors (Lipinski definition) is 2. The van der Waals surface area contributed by atoms with Gasteiger partial charge < -0.3 is 5.32 Å². The molecule has 1 saturated heterocycles. The molecule has 21 heavy (non-hydrogen) atoms. The zero-order valence-electron chi connectivity index (χ0n) is 14.3. The van der Waals surface area contributed by atoms with Crippen LogP contribution in [0.5, 0.6) is 0 Å². The normalized spacial score (nSPS) is 20.1. The highest BCUT2D eigenvalue weighted by atomic mass is 15.1. The van der Waals surface area contributed by atoms with Gasteiger partial charge in [0.25, 0.3) is 0 Å². The number of hydrogen-bond donors (Lipinski definition) is 1. The summed E-state index contributed by atoms with van der Waals surface area (Å²) in [6.45, 7) is 15.0. The zero-order chi connectivity index (χ0) is 15.3. The van der Waals surface area contributed by atoms with Gasteiger partial charge in [0.1, 0.15) is 0 Å². The molecule has 118 valence electrons. The van der Waals surface area contributed by atoms with E-state index in [9.17, 15) is 0 Å². The van der Waals surface area contributed by atoms with Crippen molar-refractivity contribution < 1.29 is 0 Å². The van der Waals surface area contributed by atoms with Crippen LogP contribution in [0.15, 0.2) is 24.3 Å². The van der Waals surface area contributed by atoms with Gasteiger partial charge in [0.2, 0.25) is 0 Å². The van der Waals surface area contributed by atoms with E-state index in [1.165, 1.54) is 37.1 Å². The summed E-state index contributed by atoms with van der Waals surface area (Å²) in [5, 5.41) is 3.46. The van der Waals surface area contributed by atoms with Crippen LogP contribution in [0, 0.1) is 11.3 Å². The molecule has 0 aliphatic carbocycles. The van der Waals surface area contributed by atoms with Gasteiger partial charge in [-0.2, -0.15) is 0 Å². The van der Waals surface area contributed by atoms with Crippen LogP contribution in [0.1, 0.15) is 51.7 Å². The molecule has 1 aliphatic rings. The van der Waals surface area contributed by atoms with E-state index in [1.54, 1.807) is 0 Å². The maximum Gasteiger partial charge on any atom is 0.0233 e. The Balaban J connectivity index is 1.81. The Morgan fingerprint density at radius 2 is 1.81 bits per heavy atom. The van der Waals surface area contributed by atoms with Crippen molar-refractivity contribution in [3.05, 3.63) is 35.4 Å². The molecule has 1 unspecified atom stereocenters. The summed E-state index contributed by atoms with van der Waals surface area (Å²) in [5.41, 5.74) is 3.29. The highest BCUT2D eigenvalue weighted by molar-refractivity contribution is 5.22. The van der Waals surface area contributed by atoms with E-state index in [4.69, 9.17) is 0 Å². The third-order valence-electron chi connectivity index (χ3n) is 4.68. The van der Waals surface area contributed by atoms with E-state index in [-0.39, 0.29) is 0 Å². The van der Waals surface area contributed by atoms with E-state index in [2.05, 4.69) is 62.2 Å². The second-order valence-electron chi connectivity index (χ2n) is 7.58. The van der Waals surface area contributed by atoms with Crippen LogP contribution >= 0.6 is 0 Å². The minimum absolute atomic E-state index is 0.448. The number of benzene rings is 1. The number of nitrogens with one attached hydrogen (secondary N) is 1. The molecule has 0 aromatic heterocycles. The molecule has 1 N–H and O–H groups in total. The van der Waals surface area contributed by atoms with Gasteiger partial charge in [0.15, 0.2) is 0 Å². The molecular formula is C19H32N2. The molecule has 1 heterocycles. The van der Waals surface area contributed by atoms with Crippen molar-refractivity contribution in [2.45, 2.75) is 53.6 Å². The number of nitrogens with zero attached hydrogens (tertiary/aromatic N) is 1. The van der Waals surface area contributed by atoms with Gasteiger partial charge in [-0.05, 0) is 48.4 Å². The van der Waals surface area contributed by atoms with Gasteiger partial charge in [0, 0.05) is 19.6 Å². The first-order valence-electron chi connectivity index (χ1n) is 8.50. The minimum Gasteiger partial charge on any atom is -0.313 e. The molecule has 0 amide bonds. The Morgan fingerprint density at radius 1 is 1.14 bits per heavy atom. The van der Waals surface area contributed by atoms with Gasteiger partial charge in [-0.25, -0.2) is 0 Å². The van der Waals surface area contributed by atoms with Crippen LogP contribution in [0.3, 0.4) is 0 Å². The second-order valence-corrected chi connectivity index (χ2v) is 7.58. The lowest BCUT2D eigenvalue weighted by Gasteiger charge is -2.27. The Morgan fingerprint density at radius 3 is 2.38 bits per heavy atom. The molecule has 0 bridgehead atoms. The van der Waals surface area contributed by atoms with Crippen LogP contribution < -0.4 is 5.32 Å². The van der Waals surface area contributed by atoms with Crippen LogP contribution in [0.25, 0.3) is 0 Å². The van der Waals surface area contributed by atoms with Crippen LogP contribution in [0.2, 0.25) is 0 Å². The van der Waals surface area contributed by atoms with Crippen LogP contribution in [-0.4, -0.2) is 24.5 Å². The summed E-state index contributed by atoms with van der Waals surface area (Å²) in [6, 6.07) is 9.14. The number of rotatable bonds is 6. The fourth-order valence-electron chi connectivity index (χ4n) is 3.11. The molecule has 2 rings (SSSR count). The van der Waals surface area contributed by atoms with Crippen LogP contribution in [-0.2, 0) is 13.1 Å². The average molecular weight is 288 g/mol. The van der Waals surface area contributed by atoms with E-state index in [1.807, 2.05) is 0 Å². The molecule has 2 heteroatoms. The van der Waals surface area contributed by atoms with Gasteiger partial charge in [-0.3, -0.25) is 4.90 Å². The van der Waals surface area contributed by atoms with Gasteiger partial charge in [-0.15, -0.1) is 0 Å². The Kier molecular flexibility index (Phi) is 5.83. The van der Waals surface area contributed by atoms with Crippen molar-refractivity contribution in [3.63, 3.8) is 0 Å². The molecule has 1 aliphatic heterocycles. The third kappa shape index (κ3) is 5.12. The predicted molar refractivity (Wildman–Crippen MR) is 91.3 cm³/mol. The Labute approximate surface area is 130 Å². The lowest BCUT2D eigenvalue weighted by molar-refractivity contribution is 0.226. The van der Waals surface area contributed by atoms with Crippen molar-refractivity contribution in [2.75, 3.05) is 19.6 Å². The first-order valence-corrected chi connectivity index (χ1v) is 8.50. The molecule has 1 aromatic rings. The molecule has 1 fully saturated rings.